The molecule has 0 aromatic rings. The number of aliphatic imine (C=N–C) groups is 1. The van der Waals surface area contributed by atoms with Gasteiger partial charge in [0.1, 0.15) is 18.6 Å². The van der Waals surface area contributed by atoms with Crippen molar-refractivity contribution in [2.45, 2.75) is 31.0 Å². The number of hydrogen-bond acceptors (Lipinski definition) is 6. The summed E-state index contributed by atoms with van der Waals surface area (Å²) >= 11 is 0. The van der Waals surface area contributed by atoms with Crippen LogP contribution in [0.5, 0.6) is 0 Å². The Kier molecular flexibility index (Phi) is 2.59. The summed E-state index contributed by atoms with van der Waals surface area (Å²) in [5.74, 6) is -0.380. The number of primary amides is 1. The second kappa shape index (κ2) is 3.76. The van der Waals surface area contributed by atoms with E-state index < -0.39 is 30.4 Å². The van der Waals surface area contributed by atoms with Crippen LogP contribution in [0.3, 0.4) is 0 Å². The molecule has 0 unspecified atom stereocenters. The third-order valence-corrected chi connectivity index (χ3v) is 2.36. The van der Waals surface area contributed by atoms with Crippen LogP contribution in [0.15, 0.2) is 4.99 Å². The van der Waals surface area contributed by atoms with Crippen LogP contribution in [0.1, 0.15) is 6.42 Å². The molecule has 4 N–H and O–H groups in total. The Morgan fingerprint density at radius 3 is 2.87 bits per heavy atom. The van der Waals surface area contributed by atoms with Gasteiger partial charge in [-0.3, -0.25) is 4.79 Å². The first-order chi connectivity index (χ1) is 7.11. The molecular formula is C8H12N2O5. The average Bonchev–Trinajstić information content (AvgIpc) is 2.65. The van der Waals surface area contributed by atoms with E-state index in [0.29, 0.717) is 0 Å². The summed E-state index contributed by atoms with van der Waals surface area (Å²) in [5, 5.41) is 18.5. The second-order valence-corrected chi connectivity index (χ2v) is 3.49. The molecule has 1 fully saturated rings. The maximum atomic E-state index is 10.6. The Hall–Kier alpha value is -1.18. The van der Waals surface area contributed by atoms with Crippen LogP contribution >= 0.6 is 0 Å². The van der Waals surface area contributed by atoms with Gasteiger partial charge in [0, 0.05) is 0 Å². The zero-order valence-electron chi connectivity index (χ0n) is 7.87. The SMILES string of the molecule is NC(=O)CC1=N[C@@H]2O[C@H](CO)[C@@H](O)[C@@H]2O1. The highest BCUT2D eigenvalue weighted by Crippen LogP contribution is 2.29. The molecule has 0 aromatic heterocycles. The van der Waals surface area contributed by atoms with Crippen LogP contribution in [0.4, 0.5) is 0 Å². The van der Waals surface area contributed by atoms with E-state index in [1.165, 1.54) is 0 Å². The molecule has 84 valence electrons. The molecule has 0 bridgehead atoms. The van der Waals surface area contributed by atoms with E-state index in [4.69, 9.17) is 20.3 Å². The lowest BCUT2D eigenvalue weighted by Crippen LogP contribution is -2.35. The molecule has 2 aliphatic rings. The van der Waals surface area contributed by atoms with Gasteiger partial charge < -0.3 is 25.4 Å². The Bertz CT molecular complexity index is 305. The number of aliphatic hydroxyl groups is 2. The number of ether oxygens (including phenoxy) is 2. The number of nitrogens with zero attached hydrogens (tertiary/aromatic N) is 1. The molecular weight excluding hydrogens is 204 g/mol. The van der Waals surface area contributed by atoms with Gasteiger partial charge in [0.25, 0.3) is 0 Å². The highest BCUT2D eigenvalue weighted by atomic mass is 16.6. The monoisotopic (exact) mass is 216 g/mol. The number of carbonyl (C=O) groups excluding carboxylic acids is 1. The fourth-order valence-corrected chi connectivity index (χ4v) is 1.67. The minimum Gasteiger partial charge on any atom is -0.469 e. The molecule has 4 atom stereocenters. The van der Waals surface area contributed by atoms with Crippen LogP contribution < -0.4 is 5.73 Å². The minimum absolute atomic E-state index is 0.104. The zero-order valence-corrected chi connectivity index (χ0v) is 7.87. The van der Waals surface area contributed by atoms with Gasteiger partial charge in [0.15, 0.2) is 18.2 Å². The first-order valence-corrected chi connectivity index (χ1v) is 4.58. The summed E-state index contributed by atoms with van der Waals surface area (Å²) in [4.78, 5) is 14.5. The van der Waals surface area contributed by atoms with Crippen molar-refractivity contribution in [3.63, 3.8) is 0 Å². The van der Waals surface area contributed by atoms with E-state index in [1.54, 1.807) is 0 Å². The van der Waals surface area contributed by atoms with Crippen molar-refractivity contribution in [2.75, 3.05) is 6.61 Å². The first kappa shape index (κ1) is 10.3. The van der Waals surface area contributed by atoms with Crippen molar-refractivity contribution in [1.82, 2.24) is 0 Å². The zero-order chi connectivity index (χ0) is 11.0. The predicted molar refractivity (Wildman–Crippen MR) is 47.9 cm³/mol. The van der Waals surface area contributed by atoms with Crippen molar-refractivity contribution in [1.29, 1.82) is 0 Å². The summed E-state index contributed by atoms with van der Waals surface area (Å²) in [7, 11) is 0. The summed E-state index contributed by atoms with van der Waals surface area (Å²) in [6.45, 7) is -0.293. The molecule has 1 saturated heterocycles. The third kappa shape index (κ3) is 1.81. The number of amides is 1. The average molecular weight is 216 g/mol. The van der Waals surface area contributed by atoms with Gasteiger partial charge in [0.2, 0.25) is 5.91 Å². The molecule has 2 aliphatic heterocycles. The number of rotatable bonds is 3. The maximum Gasteiger partial charge on any atom is 0.226 e. The molecule has 0 radical (unpaired) electrons. The predicted octanol–water partition coefficient (Wildman–Crippen LogP) is -2.26. The van der Waals surface area contributed by atoms with Crippen molar-refractivity contribution in [3.8, 4) is 0 Å². The lowest BCUT2D eigenvalue weighted by atomic mass is 10.1. The molecule has 7 nitrogen and oxygen atoms in total. The fourth-order valence-electron chi connectivity index (χ4n) is 1.67. The lowest BCUT2D eigenvalue weighted by Gasteiger charge is -2.14. The van der Waals surface area contributed by atoms with Crippen LogP contribution in [0.25, 0.3) is 0 Å². The highest BCUT2D eigenvalue weighted by molar-refractivity contribution is 5.96. The van der Waals surface area contributed by atoms with E-state index in [-0.39, 0.29) is 18.9 Å². The number of fused-ring (bicyclic) bond motifs is 1. The van der Waals surface area contributed by atoms with Crippen molar-refractivity contribution in [2.24, 2.45) is 10.7 Å². The van der Waals surface area contributed by atoms with E-state index in [9.17, 15) is 9.90 Å². The Morgan fingerprint density at radius 2 is 2.33 bits per heavy atom. The van der Waals surface area contributed by atoms with E-state index in [0.717, 1.165) is 0 Å². The summed E-state index contributed by atoms with van der Waals surface area (Å²) in [6, 6.07) is 0. The topological polar surface area (TPSA) is 114 Å². The molecule has 7 heteroatoms. The van der Waals surface area contributed by atoms with Crippen molar-refractivity contribution >= 4 is 11.8 Å². The third-order valence-electron chi connectivity index (χ3n) is 2.36. The largest absolute Gasteiger partial charge is 0.469 e. The van der Waals surface area contributed by atoms with Crippen LogP contribution in [-0.2, 0) is 14.3 Å². The summed E-state index contributed by atoms with van der Waals surface area (Å²) in [5.41, 5.74) is 4.97. The van der Waals surface area contributed by atoms with Crippen molar-refractivity contribution in [3.05, 3.63) is 0 Å². The molecule has 2 rings (SSSR count). The second-order valence-electron chi connectivity index (χ2n) is 3.49. The fraction of sp³-hybridized carbons (Fsp3) is 0.750. The molecule has 2 heterocycles. The molecule has 0 spiro atoms. The maximum absolute atomic E-state index is 10.6. The number of aliphatic hydroxyl groups excluding tert-OH is 2. The molecule has 0 aromatic carbocycles. The molecule has 15 heavy (non-hydrogen) atoms. The highest BCUT2D eigenvalue weighted by Gasteiger charge is 2.48. The van der Waals surface area contributed by atoms with Gasteiger partial charge in [-0.25, -0.2) is 4.99 Å². The molecule has 1 amide bonds. The van der Waals surface area contributed by atoms with E-state index in [1.807, 2.05) is 0 Å². The lowest BCUT2D eigenvalue weighted by molar-refractivity contribution is -0.117. The van der Waals surface area contributed by atoms with Gasteiger partial charge in [-0.15, -0.1) is 0 Å². The quantitative estimate of drug-likeness (QED) is 0.492. The van der Waals surface area contributed by atoms with Gasteiger partial charge in [-0.1, -0.05) is 0 Å². The van der Waals surface area contributed by atoms with Crippen LogP contribution in [0.2, 0.25) is 0 Å². The first-order valence-electron chi connectivity index (χ1n) is 4.58. The molecule has 0 aliphatic carbocycles. The summed E-state index contributed by atoms with van der Waals surface area (Å²) < 4.78 is 10.4. The van der Waals surface area contributed by atoms with Gasteiger partial charge in [-0.05, 0) is 0 Å². The Morgan fingerprint density at radius 1 is 1.60 bits per heavy atom. The van der Waals surface area contributed by atoms with E-state index >= 15 is 0 Å². The van der Waals surface area contributed by atoms with Gasteiger partial charge >= 0.3 is 0 Å². The van der Waals surface area contributed by atoms with Crippen LogP contribution in [0, 0.1) is 0 Å². The summed E-state index contributed by atoms with van der Waals surface area (Å²) in [6.07, 6.45) is -3.01. The minimum atomic E-state index is -0.936. The number of carbonyl (C=O) groups is 1. The van der Waals surface area contributed by atoms with Crippen molar-refractivity contribution < 1.29 is 24.5 Å². The van der Waals surface area contributed by atoms with E-state index in [2.05, 4.69) is 4.99 Å². The molecule has 0 saturated carbocycles. The number of hydrogen-bond donors (Lipinski definition) is 3. The Labute approximate surface area is 85.5 Å². The normalized spacial score (nSPS) is 38.4. The van der Waals surface area contributed by atoms with Crippen LogP contribution in [-0.4, -0.2) is 53.2 Å². The van der Waals surface area contributed by atoms with Gasteiger partial charge in [0.05, 0.1) is 6.61 Å². The Balaban J connectivity index is 2.01. The standard InChI is InChI=1S/C8H12N2O5/c9-4(12)1-5-10-8-7(15-5)6(13)3(2-11)14-8/h3,6-8,11,13H,1-2H2,(H2,9,12)/t3-,6-,7+,8-/m1/s1. The smallest absolute Gasteiger partial charge is 0.226 e. The van der Waals surface area contributed by atoms with Gasteiger partial charge in [-0.2, -0.15) is 0 Å². The number of nitrogens with two attached hydrogens (primary N) is 1.